The van der Waals surface area contributed by atoms with Gasteiger partial charge in [-0.2, -0.15) is 0 Å². The summed E-state index contributed by atoms with van der Waals surface area (Å²) in [6.07, 6.45) is 8.26. The number of hydrogen-bond acceptors (Lipinski definition) is 3. The number of aromatic nitrogens is 2. The number of nitrogens with zero attached hydrogens (tertiary/aromatic N) is 2. The van der Waals surface area contributed by atoms with Gasteiger partial charge in [0.25, 0.3) is 0 Å². The van der Waals surface area contributed by atoms with Gasteiger partial charge in [0.05, 0.1) is 0 Å². The van der Waals surface area contributed by atoms with E-state index in [2.05, 4.69) is 15.5 Å². The summed E-state index contributed by atoms with van der Waals surface area (Å²) in [6.45, 7) is 5.01. The van der Waals surface area contributed by atoms with E-state index in [9.17, 15) is 0 Å². The molecule has 1 aliphatic carbocycles. The summed E-state index contributed by atoms with van der Waals surface area (Å²) in [5, 5.41) is 12.0. The Hall–Kier alpha value is -0.830. The quantitative estimate of drug-likeness (QED) is 0.891. The third-order valence-electron chi connectivity index (χ3n) is 4.03. The second kappa shape index (κ2) is 6.37. The van der Waals surface area contributed by atoms with Crippen molar-refractivity contribution in [2.24, 2.45) is 5.92 Å². The summed E-state index contributed by atoms with van der Waals surface area (Å²) >= 11 is 5.94. The Kier molecular flexibility index (Phi) is 4.81. The van der Waals surface area contributed by atoms with Crippen molar-refractivity contribution in [3.05, 3.63) is 16.3 Å². The third-order valence-corrected chi connectivity index (χ3v) is 4.39. The van der Waals surface area contributed by atoms with Crippen LogP contribution < -0.4 is 5.32 Å². The summed E-state index contributed by atoms with van der Waals surface area (Å²) in [6, 6.07) is 0. The van der Waals surface area contributed by atoms with Crippen molar-refractivity contribution in [3.63, 3.8) is 0 Å². The van der Waals surface area contributed by atoms with Gasteiger partial charge in [-0.05, 0) is 37.3 Å². The fourth-order valence-corrected chi connectivity index (χ4v) is 2.79. The summed E-state index contributed by atoms with van der Waals surface area (Å²) in [4.78, 5) is 0. The van der Waals surface area contributed by atoms with Gasteiger partial charge in [0.1, 0.15) is 0 Å². The van der Waals surface area contributed by atoms with Crippen LogP contribution in [0.15, 0.2) is 0 Å². The lowest BCUT2D eigenvalue weighted by atomic mass is 9.87. The molecule has 1 saturated carbocycles. The molecule has 0 bridgehead atoms. The summed E-state index contributed by atoms with van der Waals surface area (Å²) in [7, 11) is 0. The minimum atomic E-state index is 0.505. The molecule has 4 heteroatoms. The molecule has 0 aromatic carbocycles. The van der Waals surface area contributed by atoms with E-state index in [1.165, 1.54) is 38.5 Å². The van der Waals surface area contributed by atoms with Gasteiger partial charge >= 0.3 is 0 Å². The van der Waals surface area contributed by atoms with Crippen LogP contribution in [0.1, 0.15) is 49.7 Å². The molecule has 2 rings (SSSR count). The first-order valence-electron chi connectivity index (χ1n) is 6.91. The van der Waals surface area contributed by atoms with Gasteiger partial charge in [0.2, 0.25) is 0 Å². The monoisotopic (exact) mass is 267 g/mol. The fourth-order valence-electron chi connectivity index (χ4n) is 2.61. The molecule has 1 aliphatic rings. The summed E-state index contributed by atoms with van der Waals surface area (Å²) in [5.74, 6) is 1.78. The lowest BCUT2D eigenvalue weighted by Gasteiger charge is -2.21. The van der Waals surface area contributed by atoms with Crippen molar-refractivity contribution in [1.82, 2.24) is 10.2 Å². The normalized spacial score (nSPS) is 16.8. The molecule has 0 radical (unpaired) electrons. The zero-order valence-electron chi connectivity index (χ0n) is 11.3. The minimum Gasteiger partial charge on any atom is -0.368 e. The predicted octanol–water partition coefficient (Wildman–Crippen LogP) is 4.13. The Balaban J connectivity index is 1.84. The lowest BCUT2D eigenvalue weighted by molar-refractivity contribution is 0.345. The van der Waals surface area contributed by atoms with Gasteiger partial charge in [0, 0.05) is 6.54 Å². The van der Waals surface area contributed by atoms with Gasteiger partial charge in [-0.25, -0.2) is 0 Å². The highest BCUT2D eigenvalue weighted by molar-refractivity contribution is 6.30. The van der Waals surface area contributed by atoms with Crippen LogP contribution in [-0.4, -0.2) is 16.7 Å². The van der Waals surface area contributed by atoms with E-state index in [4.69, 9.17) is 11.6 Å². The molecular weight excluding hydrogens is 246 g/mol. The van der Waals surface area contributed by atoms with Crippen molar-refractivity contribution in [2.45, 2.75) is 52.4 Å². The van der Waals surface area contributed by atoms with E-state index < -0.39 is 0 Å². The molecule has 0 unspecified atom stereocenters. The third kappa shape index (κ3) is 3.35. The molecule has 0 aliphatic heterocycles. The van der Waals surface area contributed by atoms with Crippen LogP contribution in [0.5, 0.6) is 0 Å². The van der Waals surface area contributed by atoms with Gasteiger partial charge in [-0.15, -0.1) is 10.2 Å². The Morgan fingerprint density at radius 3 is 2.56 bits per heavy atom. The number of hydrogen-bond donors (Lipinski definition) is 1. The highest BCUT2D eigenvalue weighted by Crippen LogP contribution is 2.26. The van der Waals surface area contributed by atoms with E-state index >= 15 is 0 Å². The van der Waals surface area contributed by atoms with Crippen molar-refractivity contribution in [2.75, 3.05) is 11.9 Å². The highest BCUT2D eigenvalue weighted by atomic mass is 35.5. The minimum absolute atomic E-state index is 0.505. The van der Waals surface area contributed by atoms with Crippen molar-refractivity contribution in [3.8, 4) is 0 Å². The molecular formula is C14H22ClN3. The highest BCUT2D eigenvalue weighted by Gasteiger charge is 2.13. The van der Waals surface area contributed by atoms with E-state index in [1.54, 1.807) is 0 Å². The standard InChI is InChI=1S/C14H22ClN3/c1-10-11(2)14(18-17-13(10)15)16-9-8-12-6-4-3-5-7-12/h12H,3-9H2,1-2H3,(H,16,18). The maximum absolute atomic E-state index is 5.94. The molecule has 0 amide bonds. The first-order valence-corrected chi connectivity index (χ1v) is 7.29. The summed E-state index contributed by atoms with van der Waals surface area (Å²) < 4.78 is 0. The first kappa shape index (κ1) is 13.6. The molecule has 100 valence electrons. The molecule has 1 fully saturated rings. The molecule has 0 saturated heterocycles. The van der Waals surface area contributed by atoms with E-state index in [1.807, 2.05) is 13.8 Å². The Bertz CT molecular complexity index is 400. The fraction of sp³-hybridized carbons (Fsp3) is 0.714. The number of halogens is 1. The Labute approximate surface area is 114 Å². The maximum Gasteiger partial charge on any atom is 0.155 e. The average Bonchev–Trinajstić information content (AvgIpc) is 2.40. The van der Waals surface area contributed by atoms with Gasteiger partial charge in [-0.1, -0.05) is 43.7 Å². The Morgan fingerprint density at radius 2 is 1.83 bits per heavy atom. The van der Waals surface area contributed by atoms with E-state index in [0.29, 0.717) is 5.15 Å². The first-order chi connectivity index (χ1) is 8.68. The SMILES string of the molecule is Cc1c(Cl)nnc(NCCC2CCCCC2)c1C. The van der Waals surface area contributed by atoms with Crippen LogP contribution in [0.2, 0.25) is 5.15 Å². The second-order valence-electron chi connectivity index (χ2n) is 5.31. The molecule has 0 atom stereocenters. The molecule has 3 nitrogen and oxygen atoms in total. The molecule has 18 heavy (non-hydrogen) atoms. The zero-order chi connectivity index (χ0) is 13.0. The largest absolute Gasteiger partial charge is 0.368 e. The van der Waals surface area contributed by atoms with Crippen LogP contribution in [0, 0.1) is 19.8 Å². The molecule has 1 heterocycles. The smallest absolute Gasteiger partial charge is 0.155 e. The van der Waals surface area contributed by atoms with Crippen molar-refractivity contribution in [1.29, 1.82) is 0 Å². The van der Waals surface area contributed by atoms with Crippen LogP contribution in [-0.2, 0) is 0 Å². The predicted molar refractivity (Wildman–Crippen MR) is 76.2 cm³/mol. The second-order valence-corrected chi connectivity index (χ2v) is 5.67. The van der Waals surface area contributed by atoms with Gasteiger partial charge in [-0.3, -0.25) is 0 Å². The van der Waals surface area contributed by atoms with Crippen LogP contribution in [0.4, 0.5) is 5.82 Å². The van der Waals surface area contributed by atoms with Crippen LogP contribution in [0.3, 0.4) is 0 Å². The van der Waals surface area contributed by atoms with Crippen LogP contribution in [0.25, 0.3) is 0 Å². The molecule has 0 spiro atoms. The Morgan fingerprint density at radius 1 is 1.11 bits per heavy atom. The molecule has 1 aromatic rings. The zero-order valence-corrected chi connectivity index (χ0v) is 12.1. The van der Waals surface area contributed by atoms with E-state index in [-0.39, 0.29) is 0 Å². The number of anilines is 1. The van der Waals surface area contributed by atoms with E-state index in [0.717, 1.165) is 29.4 Å². The maximum atomic E-state index is 5.94. The van der Waals surface area contributed by atoms with Crippen molar-refractivity contribution < 1.29 is 0 Å². The molecule has 1 N–H and O–H groups in total. The van der Waals surface area contributed by atoms with Gasteiger partial charge in [0.15, 0.2) is 11.0 Å². The number of nitrogens with one attached hydrogen (secondary N) is 1. The van der Waals surface area contributed by atoms with Gasteiger partial charge < -0.3 is 5.32 Å². The summed E-state index contributed by atoms with van der Waals surface area (Å²) in [5.41, 5.74) is 2.13. The lowest BCUT2D eigenvalue weighted by Crippen LogP contribution is -2.14. The average molecular weight is 268 g/mol. The van der Waals surface area contributed by atoms with Crippen LogP contribution >= 0.6 is 11.6 Å². The van der Waals surface area contributed by atoms with Crippen molar-refractivity contribution >= 4 is 17.4 Å². The number of rotatable bonds is 4. The molecule has 1 aromatic heterocycles. The topological polar surface area (TPSA) is 37.8 Å².